The number of aryl methyl sites for hydroxylation is 1. The van der Waals surface area contributed by atoms with E-state index in [9.17, 15) is 4.79 Å². The normalized spacial score (nSPS) is 19.2. The predicted molar refractivity (Wildman–Crippen MR) is 110 cm³/mol. The van der Waals surface area contributed by atoms with E-state index in [-0.39, 0.29) is 23.2 Å². The highest BCUT2D eigenvalue weighted by atomic mass is 35.5. The molecule has 0 bridgehead atoms. The second-order valence-electron chi connectivity index (χ2n) is 8.84. The fourth-order valence-corrected chi connectivity index (χ4v) is 4.61. The zero-order valence-corrected chi connectivity index (χ0v) is 17.6. The molecule has 1 aliphatic rings. The van der Waals surface area contributed by atoms with Crippen LogP contribution >= 0.6 is 11.6 Å². The van der Waals surface area contributed by atoms with Gasteiger partial charge in [0.15, 0.2) is 0 Å². The summed E-state index contributed by atoms with van der Waals surface area (Å²) in [5.74, 6) is 0.913. The van der Waals surface area contributed by atoms with Gasteiger partial charge in [-0.25, -0.2) is 9.78 Å². The van der Waals surface area contributed by atoms with E-state index in [0.717, 1.165) is 29.7 Å². The Bertz CT molecular complexity index is 826. The smallest absolute Gasteiger partial charge is 0.315 e. The summed E-state index contributed by atoms with van der Waals surface area (Å²) in [7, 11) is 0. The number of benzene rings is 1. The number of carbonyl (C=O) groups excluding carboxylic acids is 1. The van der Waals surface area contributed by atoms with Crippen molar-refractivity contribution in [1.82, 2.24) is 25.5 Å². The van der Waals surface area contributed by atoms with Crippen LogP contribution in [0.3, 0.4) is 0 Å². The molecule has 2 aromatic rings. The van der Waals surface area contributed by atoms with E-state index in [1.807, 2.05) is 25.1 Å². The second-order valence-corrected chi connectivity index (χ2v) is 9.28. The molecule has 1 fully saturated rings. The highest BCUT2D eigenvalue weighted by molar-refractivity contribution is 6.31. The molecule has 148 valence electrons. The van der Waals surface area contributed by atoms with Crippen LogP contribution in [-0.4, -0.2) is 39.2 Å². The lowest BCUT2D eigenvalue weighted by molar-refractivity contribution is 0.147. The van der Waals surface area contributed by atoms with Gasteiger partial charge in [0.1, 0.15) is 5.82 Å². The Hall–Kier alpha value is -1.79. The number of carbonyl (C=O) groups is 1. The first-order chi connectivity index (χ1) is 12.5. The zero-order chi connectivity index (χ0) is 19.8. The Kier molecular flexibility index (Phi) is 5.41. The Labute approximate surface area is 166 Å². The van der Waals surface area contributed by atoms with Gasteiger partial charge in [-0.2, -0.15) is 0 Å². The third-order valence-electron chi connectivity index (χ3n) is 5.05. The number of imidazole rings is 1. The number of nitrogens with one attached hydrogen (secondary N) is 3. The zero-order valence-electron chi connectivity index (χ0n) is 16.8. The lowest BCUT2D eigenvalue weighted by Crippen LogP contribution is -2.62. The second kappa shape index (κ2) is 7.32. The van der Waals surface area contributed by atoms with Crippen molar-refractivity contribution >= 4 is 28.7 Å². The lowest BCUT2D eigenvalue weighted by Gasteiger charge is -2.46. The topological polar surface area (TPSA) is 71.0 Å². The number of aromatic nitrogens is 2. The molecular formula is C20H30ClN5O. The minimum atomic E-state index is -0.112. The van der Waals surface area contributed by atoms with E-state index in [1.54, 1.807) is 0 Å². The van der Waals surface area contributed by atoms with Gasteiger partial charge < -0.3 is 20.5 Å². The number of hydrogen-bond acceptors (Lipinski definition) is 3. The Balaban J connectivity index is 1.55. The minimum Gasteiger partial charge on any atom is -0.336 e. The molecule has 2 amide bonds. The highest BCUT2D eigenvalue weighted by Crippen LogP contribution is 2.28. The molecule has 1 aromatic carbocycles. The minimum absolute atomic E-state index is 0.00775. The number of hydrogen-bond donors (Lipinski definition) is 3. The number of rotatable bonds is 4. The van der Waals surface area contributed by atoms with Crippen molar-refractivity contribution in [2.75, 3.05) is 6.54 Å². The van der Waals surface area contributed by atoms with Gasteiger partial charge in [-0.15, -0.1) is 0 Å². The van der Waals surface area contributed by atoms with E-state index in [1.165, 1.54) is 0 Å². The number of urea groups is 1. The number of halogens is 1. The quantitative estimate of drug-likeness (QED) is 0.745. The molecule has 3 N–H and O–H groups in total. The van der Waals surface area contributed by atoms with Crippen molar-refractivity contribution in [3.63, 3.8) is 0 Å². The number of amides is 2. The van der Waals surface area contributed by atoms with Gasteiger partial charge in [0.05, 0.1) is 11.0 Å². The van der Waals surface area contributed by atoms with Crippen LogP contribution in [0, 0.1) is 6.92 Å². The Morgan fingerprint density at radius 1 is 1.30 bits per heavy atom. The molecule has 2 heterocycles. The van der Waals surface area contributed by atoms with E-state index in [4.69, 9.17) is 11.6 Å². The summed E-state index contributed by atoms with van der Waals surface area (Å²) in [6.45, 7) is 11.9. The van der Waals surface area contributed by atoms with Crippen LogP contribution in [0.25, 0.3) is 11.0 Å². The SMILES string of the molecule is Cc1nc2cc(Cl)ccc2n1CCNC(=O)NC1CC(C)(C)NC(C)(C)C1. The van der Waals surface area contributed by atoms with E-state index in [2.05, 4.69) is 53.2 Å². The Morgan fingerprint density at radius 3 is 2.63 bits per heavy atom. The Morgan fingerprint density at radius 2 is 1.96 bits per heavy atom. The summed E-state index contributed by atoms with van der Waals surface area (Å²) in [6, 6.07) is 5.74. The molecule has 3 rings (SSSR count). The monoisotopic (exact) mass is 391 g/mol. The summed E-state index contributed by atoms with van der Waals surface area (Å²) >= 11 is 6.04. The van der Waals surface area contributed by atoms with Gasteiger partial charge in [-0.1, -0.05) is 11.6 Å². The van der Waals surface area contributed by atoms with Gasteiger partial charge in [-0.05, 0) is 65.7 Å². The average Bonchev–Trinajstić information content (AvgIpc) is 2.78. The van der Waals surface area contributed by atoms with Gasteiger partial charge in [-0.3, -0.25) is 0 Å². The maximum Gasteiger partial charge on any atom is 0.315 e. The largest absolute Gasteiger partial charge is 0.336 e. The van der Waals surface area contributed by atoms with Gasteiger partial charge >= 0.3 is 6.03 Å². The number of fused-ring (bicyclic) bond motifs is 1. The third kappa shape index (κ3) is 4.93. The molecule has 7 heteroatoms. The van der Waals surface area contributed by atoms with Crippen molar-refractivity contribution in [2.45, 2.75) is 71.1 Å². The van der Waals surface area contributed by atoms with Gasteiger partial charge in [0.2, 0.25) is 0 Å². The fraction of sp³-hybridized carbons (Fsp3) is 0.600. The lowest BCUT2D eigenvalue weighted by atomic mass is 9.80. The molecule has 27 heavy (non-hydrogen) atoms. The van der Waals surface area contributed by atoms with Crippen molar-refractivity contribution in [3.05, 3.63) is 29.0 Å². The summed E-state index contributed by atoms with van der Waals surface area (Å²) in [5, 5.41) is 10.4. The number of nitrogens with zero attached hydrogens (tertiary/aromatic N) is 2. The fourth-order valence-electron chi connectivity index (χ4n) is 4.45. The van der Waals surface area contributed by atoms with Crippen LogP contribution in [-0.2, 0) is 6.54 Å². The molecule has 1 aliphatic heterocycles. The van der Waals surface area contributed by atoms with Crippen molar-refractivity contribution in [2.24, 2.45) is 0 Å². The average molecular weight is 392 g/mol. The molecule has 6 nitrogen and oxygen atoms in total. The van der Waals surface area contributed by atoms with Crippen LogP contribution in [0.2, 0.25) is 5.02 Å². The molecular weight excluding hydrogens is 362 g/mol. The van der Waals surface area contributed by atoms with Crippen LogP contribution in [0.1, 0.15) is 46.4 Å². The first kappa shape index (κ1) is 20.0. The summed E-state index contributed by atoms with van der Waals surface area (Å²) in [6.07, 6.45) is 1.83. The summed E-state index contributed by atoms with van der Waals surface area (Å²) < 4.78 is 2.10. The van der Waals surface area contributed by atoms with Crippen LogP contribution in [0.5, 0.6) is 0 Å². The summed E-state index contributed by atoms with van der Waals surface area (Å²) in [5.41, 5.74) is 1.92. The molecule has 0 radical (unpaired) electrons. The molecule has 0 aliphatic carbocycles. The van der Waals surface area contributed by atoms with Crippen molar-refractivity contribution in [1.29, 1.82) is 0 Å². The predicted octanol–water partition coefficient (Wildman–Crippen LogP) is 3.61. The molecule has 0 unspecified atom stereocenters. The van der Waals surface area contributed by atoms with E-state index in [0.29, 0.717) is 18.1 Å². The van der Waals surface area contributed by atoms with Crippen molar-refractivity contribution in [3.8, 4) is 0 Å². The molecule has 1 aromatic heterocycles. The summed E-state index contributed by atoms with van der Waals surface area (Å²) in [4.78, 5) is 16.9. The maximum atomic E-state index is 12.4. The van der Waals surface area contributed by atoms with Gasteiger partial charge in [0.25, 0.3) is 0 Å². The number of piperidine rings is 1. The standard InChI is InChI=1S/C20H30ClN5O/c1-13-23-16-10-14(21)6-7-17(16)26(13)9-8-22-18(27)24-15-11-19(2,3)25-20(4,5)12-15/h6-7,10,15,25H,8-9,11-12H2,1-5H3,(H2,22,24,27). The maximum absolute atomic E-state index is 12.4. The van der Waals surface area contributed by atoms with Crippen LogP contribution < -0.4 is 16.0 Å². The van der Waals surface area contributed by atoms with Crippen LogP contribution in [0.4, 0.5) is 4.79 Å². The molecule has 0 atom stereocenters. The highest BCUT2D eigenvalue weighted by Gasteiger charge is 2.38. The third-order valence-corrected chi connectivity index (χ3v) is 5.28. The molecule has 1 saturated heterocycles. The van der Waals surface area contributed by atoms with E-state index >= 15 is 0 Å². The van der Waals surface area contributed by atoms with E-state index < -0.39 is 0 Å². The van der Waals surface area contributed by atoms with Gasteiger partial charge in [0, 0.05) is 35.2 Å². The van der Waals surface area contributed by atoms with Crippen molar-refractivity contribution < 1.29 is 4.79 Å². The van der Waals surface area contributed by atoms with Crippen LogP contribution in [0.15, 0.2) is 18.2 Å². The molecule has 0 saturated carbocycles. The first-order valence-electron chi connectivity index (χ1n) is 9.51. The first-order valence-corrected chi connectivity index (χ1v) is 9.89. The molecule has 0 spiro atoms.